The first kappa shape index (κ1) is 13.0. The summed E-state index contributed by atoms with van der Waals surface area (Å²) in [5.74, 6) is 0.524. The summed E-state index contributed by atoms with van der Waals surface area (Å²) < 4.78 is 19.2. The van der Waals surface area contributed by atoms with E-state index in [4.69, 9.17) is 4.74 Å². The Morgan fingerprint density at radius 1 is 1.31 bits per heavy atom. The van der Waals surface area contributed by atoms with Crippen LogP contribution in [0.3, 0.4) is 0 Å². The predicted molar refractivity (Wildman–Crippen MR) is 65.6 cm³/mol. The molecule has 0 fully saturated rings. The topological polar surface area (TPSA) is 9.23 Å². The molecule has 0 atom stereocenters. The minimum atomic E-state index is -0.236. The van der Waals surface area contributed by atoms with Gasteiger partial charge in [0.05, 0.1) is 6.61 Å². The van der Waals surface area contributed by atoms with Crippen molar-refractivity contribution in [1.82, 2.24) is 0 Å². The summed E-state index contributed by atoms with van der Waals surface area (Å²) in [5, 5.41) is 0. The number of halogens is 1. The molecule has 16 heavy (non-hydrogen) atoms. The fourth-order valence-electron chi connectivity index (χ4n) is 1.59. The van der Waals surface area contributed by atoms with Crippen LogP contribution in [0, 0.1) is 12.7 Å². The van der Waals surface area contributed by atoms with Gasteiger partial charge in [-0.15, -0.1) is 0 Å². The van der Waals surface area contributed by atoms with Gasteiger partial charge >= 0.3 is 0 Å². The van der Waals surface area contributed by atoms with E-state index in [1.54, 1.807) is 6.07 Å². The Balaban J connectivity index is 2.85. The first-order chi connectivity index (χ1) is 7.56. The van der Waals surface area contributed by atoms with Gasteiger partial charge in [0.15, 0.2) is 11.6 Å². The minimum Gasteiger partial charge on any atom is -0.490 e. The van der Waals surface area contributed by atoms with Crippen molar-refractivity contribution in [2.45, 2.75) is 46.5 Å². The second-order valence-corrected chi connectivity index (χ2v) is 4.51. The van der Waals surface area contributed by atoms with Crippen molar-refractivity contribution >= 4 is 0 Å². The van der Waals surface area contributed by atoms with E-state index in [2.05, 4.69) is 20.8 Å². The standard InChI is InChI=1S/C14H21FO/c1-5-6-7-16-14-11(4)8-12(10(2)3)9-13(14)15/h8-10H,5-7H2,1-4H3. The lowest BCUT2D eigenvalue weighted by Gasteiger charge is -2.13. The zero-order valence-corrected chi connectivity index (χ0v) is 10.6. The van der Waals surface area contributed by atoms with Crippen molar-refractivity contribution < 1.29 is 9.13 Å². The van der Waals surface area contributed by atoms with E-state index in [1.165, 1.54) is 0 Å². The zero-order valence-electron chi connectivity index (χ0n) is 10.6. The van der Waals surface area contributed by atoms with Gasteiger partial charge in [0.1, 0.15) is 0 Å². The van der Waals surface area contributed by atoms with Gasteiger partial charge in [-0.25, -0.2) is 4.39 Å². The van der Waals surface area contributed by atoms with Crippen LogP contribution in [-0.2, 0) is 0 Å². The average molecular weight is 224 g/mol. The molecule has 1 nitrogen and oxygen atoms in total. The van der Waals surface area contributed by atoms with E-state index in [0.29, 0.717) is 18.3 Å². The summed E-state index contributed by atoms with van der Waals surface area (Å²) >= 11 is 0. The number of hydrogen-bond acceptors (Lipinski definition) is 1. The number of hydrogen-bond donors (Lipinski definition) is 0. The van der Waals surface area contributed by atoms with Crippen molar-refractivity contribution in [2.75, 3.05) is 6.61 Å². The molecule has 0 aliphatic rings. The third-order valence-electron chi connectivity index (χ3n) is 2.66. The summed E-state index contributed by atoms with van der Waals surface area (Å²) in [7, 11) is 0. The highest BCUT2D eigenvalue weighted by molar-refractivity contribution is 5.38. The maximum absolute atomic E-state index is 13.8. The van der Waals surface area contributed by atoms with Crippen LogP contribution in [0.25, 0.3) is 0 Å². The summed E-state index contributed by atoms with van der Waals surface area (Å²) in [6.07, 6.45) is 2.02. The Kier molecular flexibility index (Phi) is 4.78. The number of ether oxygens (including phenoxy) is 1. The lowest BCUT2D eigenvalue weighted by molar-refractivity contribution is 0.292. The molecule has 0 spiro atoms. The first-order valence-corrected chi connectivity index (χ1v) is 5.99. The predicted octanol–water partition coefficient (Wildman–Crippen LogP) is 4.44. The molecule has 0 aliphatic heterocycles. The normalized spacial score (nSPS) is 10.9. The van der Waals surface area contributed by atoms with Crippen LogP contribution in [0.2, 0.25) is 0 Å². The summed E-state index contributed by atoms with van der Waals surface area (Å²) in [4.78, 5) is 0. The molecular formula is C14H21FO. The molecule has 0 radical (unpaired) electrons. The highest BCUT2D eigenvalue weighted by Crippen LogP contribution is 2.27. The van der Waals surface area contributed by atoms with E-state index in [-0.39, 0.29) is 5.82 Å². The largest absolute Gasteiger partial charge is 0.490 e. The Morgan fingerprint density at radius 3 is 2.50 bits per heavy atom. The second kappa shape index (κ2) is 5.88. The summed E-state index contributed by atoms with van der Waals surface area (Å²) in [6.45, 7) is 8.71. The van der Waals surface area contributed by atoms with Crippen LogP contribution in [0.4, 0.5) is 4.39 Å². The molecule has 0 saturated carbocycles. The first-order valence-electron chi connectivity index (χ1n) is 5.99. The highest BCUT2D eigenvalue weighted by atomic mass is 19.1. The molecular weight excluding hydrogens is 203 g/mol. The van der Waals surface area contributed by atoms with Gasteiger partial charge in [0.25, 0.3) is 0 Å². The van der Waals surface area contributed by atoms with E-state index in [9.17, 15) is 4.39 Å². The maximum Gasteiger partial charge on any atom is 0.165 e. The Morgan fingerprint density at radius 2 is 2.00 bits per heavy atom. The minimum absolute atomic E-state index is 0.236. The van der Waals surface area contributed by atoms with Gasteiger partial charge in [-0.3, -0.25) is 0 Å². The third-order valence-corrected chi connectivity index (χ3v) is 2.66. The summed E-state index contributed by atoms with van der Waals surface area (Å²) in [6, 6.07) is 3.59. The Bertz CT molecular complexity index is 322. The third kappa shape index (κ3) is 3.22. The molecule has 0 bridgehead atoms. The van der Waals surface area contributed by atoms with Crippen LogP contribution in [0.1, 0.15) is 50.7 Å². The Hall–Kier alpha value is -1.05. The van der Waals surface area contributed by atoms with Gasteiger partial charge in [0.2, 0.25) is 0 Å². The molecule has 0 aliphatic carbocycles. The fraction of sp³-hybridized carbons (Fsp3) is 0.571. The van der Waals surface area contributed by atoms with Crippen LogP contribution < -0.4 is 4.74 Å². The van der Waals surface area contributed by atoms with E-state index in [0.717, 1.165) is 24.0 Å². The highest BCUT2D eigenvalue weighted by Gasteiger charge is 2.11. The van der Waals surface area contributed by atoms with Crippen LogP contribution in [-0.4, -0.2) is 6.61 Å². The molecule has 2 heteroatoms. The Labute approximate surface area is 97.6 Å². The second-order valence-electron chi connectivity index (χ2n) is 4.51. The fourth-order valence-corrected chi connectivity index (χ4v) is 1.59. The van der Waals surface area contributed by atoms with Crippen LogP contribution in [0.15, 0.2) is 12.1 Å². The number of benzene rings is 1. The van der Waals surface area contributed by atoms with Crippen molar-refractivity contribution in [3.8, 4) is 5.75 Å². The van der Waals surface area contributed by atoms with Crippen molar-refractivity contribution in [2.24, 2.45) is 0 Å². The van der Waals surface area contributed by atoms with Gasteiger partial charge in [-0.05, 0) is 36.5 Å². The van der Waals surface area contributed by atoms with Gasteiger partial charge in [0, 0.05) is 0 Å². The lowest BCUT2D eigenvalue weighted by Crippen LogP contribution is -2.02. The molecule has 0 amide bonds. The smallest absolute Gasteiger partial charge is 0.165 e. The van der Waals surface area contributed by atoms with E-state index < -0.39 is 0 Å². The molecule has 90 valence electrons. The molecule has 0 unspecified atom stereocenters. The number of rotatable bonds is 5. The van der Waals surface area contributed by atoms with Gasteiger partial charge < -0.3 is 4.74 Å². The van der Waals surface area contributed by atoms with Crippen LogP contribution in [0.5, 0.6) is 5.75 Å². The molecule has 1 aromatic rings. The van der Waals surface area contributed by atoms with Crippen molar-refractivity contribution in [3.05, 3.63) is 29.1 Å². The molecule has 1 rings (SSSR count). The number of unbranched alkanes of at least 4 members (excludes halogenated alkanes) is 1. The van der Waals surface area contributed by atoms with Crippen LogP contribution >= 0.6 is 0 Å². The van der Waals surface area contributed by atoms with E-state index in [1.807, 2.05) is 13.0 Å². The van der Waals surface area contributed by atoms with Crippen molar-refractivity contribution in [1.29, 1.82) is 0 Å². The van der Waals surface area contributed by atoms with Crippen molar-refractivity contribution in [3.63, 3.8) is 0 Å². The monoisotopic (exact) mass is 224 g/mol. The summed E-state index contributed by atoms with van der Waals surface area (Å²) in [5.41, 5.74) is 1.91. The van der Waals surface area contributed by atoms with E-state index >= 15 is 0 Å². The molecule has 1 aromatic carbocycles. The van der Waals surface area contributed by atoms with Gasteiger partial charge in [-0.1, -0.05) is 33.3 Å². The van der Waals surface area contributed by atoms with Gasteiger partial charge in [-0.2, -0.15) is 0 Å². The number of aryl methyl sites for hydroxylation is 1. The molecule has 0 aromatic heterocycles. The lowest BCUT2D eigenvalue weighted by atomic mass is 10.0. The molecule has 0 heterocycles. The quantitative estimate of drug-likeness (QED) is 0.672. The average Bonchev–Trinajstić information content (AvgIpc) is 2.21. The molecule has 0 saturated heterocycles. The molecule has 0 N–H and O–H groups in total. The SMILES string of the molecule is CCCCOc1c(C)cc(C(C)C)cc1F. The maximum atomic E-state index is 13.8. The zero-order chi connectivity index (χ0) is 12.1.